The summed E-state index contributed by atoms with van der Waals surface area (Å²) in [6, 6.07) is 0. The molecule has 7 heavy (non-hydrogen) atoms. The van der Waals surface area contributed by atoms with Gasteiger partial charge < -0.3 is 9.84 Å². The summed E-state index contributed by atoms with van der Waals surface area (Å²) in [6.45, 7) is 2.10. The molecule has 1 unspecified atom stereocenters. The van der Waals surface area contributed by atoms with E-state index in [1.807, 2.05) is 0 Å². The third-order valence-electron chi connectivity index (χ3n) is 0.899. The van der Waals surface area contributed by atoms with E-state index in [1.165, 1.54) is 6.26 Å². The molecule has 0 spiro atoms. The second-order valence-corrected chi connectivity index (χ2v) is 1.97. The van der Waals surface area contributed by atoms with Crippen LogP contribution in [0.3, 0.4) is 0 Å². The van der Waals surface area contributed by atoms with Crippen LogP contribution in [0.1, 0.15) is 6.92 Å². The summed E-state index contributed by atoms with van der Waals surface area (Å²) in [6.07, 6.45) is 3.15. The average Bonchev–Trinajstić information content (AvgIpc) is 1.84. The Bertz CT molecular complexity index is 94.3. The molecular formula is C5H8O2. The number of ether oxygens (including phenoxy) is 1. The van der Waals surface area contributed by atoms with Crippen LogP contribution >= 0.6 is 0 Å². The largest absolute Gasteiger partial charge is 0.498 e. The predicted molar refractivity (Wildman–Crippen MR) is 25.7 cm³/mol. The van der Waals surface area contributed by atoms with E-state index < -0.39 is 5.60 Å². The molecule has 0 aromatic heterocycles. The second-order valence-electron chi connectivity index (χ2n) is 1.97. The van der Waals surface area contributed by atoms with E-state index >= 15 is 0 Å². The van der Waals surface area contributed by atoms with Gasteiger partial charge in [-0.3, -0.25) is 0 Å². The van der Waals surface area contributed by atoms with Crippen molar-refractivity contribution in [3.8, 4) is 0 Å². The van der Waals surface area contributed by atoms with Gasteiger partial charge >= 0.3 is 0 Å². The fraction of sp³-hybridized carbons (Fsp3) is 0.600. The minimum absolute atomic E-state index is 0.396. The Hall–Kier alpha value is -0.500. The number of hydrogen-bond donors (Lipinski definition) is 1. The highest BCUT2D eigenvalue weighted by Gasteiger charge is 2.20. The predicted octanol–water partition coefficient (Wildman–Crippen LogP) is 0.281. The maximum absolute atomic E-state index is 8.98. The van der Waals surface area contributed by atoms with E-state index in [4.69, 9.17) is 9.84 Å². The van der Waals surface area contributed by atoms with Crippen LogP contribution in [0.15, 0.2) is 12.3 Å². The summed E-state index contributed by atoms with van der Waals surface area (Å²) in [5.41, 5.74) is -0.708. The van der Waals surface area contributed by atoms with Gasteiger partial charge in [-0.15, -0.1) is 0 Å². The molecule has 40 valence electrons. The molecule has 2 heteroatoms. The summed E-state index contributed by atoms with van der Waals surface area (Å²) < 4.78 is 4.73. The van der Waals surface area contributed by atoms with Gasteiger partial charge in [0, 0.05) is 0 Å². The number of aliphatic hydroxyl groups is 1. The molecule has 0 radical (unpaired) electrons. The lowest BCUT2D eigenvalue weighted by molar-refractivity contribution is 0.0623. The molecule has 0 bridgehead atoms. The molecule has 0 fully saturated rings. The Balaban J connectivity index is 2.57. The van der Waals surface area contributed by atoms with Crippen LogP contribution in [0.25, 0.3) is 0 Å². The van der Waals surface area contributed by atoms with E-state index in [9.17, 15) is 0 Å². The molecule has 0 saturated heterocycles. The van der Waals surface area contributed by atoms with Crippen molar-refractivity contribution < 1.29 is 9.84 Å². The maximum atomic E-state index is 8.98. The monoisotopic (exact) mass is 100 g/mol. The quantitative estimate of drug-likeness (QED) is 0.474. The molecule has 0 aromatic rings. The lowest BCUT2D eigenvalue weighted by Crippen LogP contribution is -2.21. The summed E-state index contributed by atoms with van der Waals surface area (Å²) >= 11 is 0. The smallest absolute Gasteiger partial charge is 0.119 e. The van der Waals surface area contributed by atoms with Gasteiger partial charge in [0.2, 0.25) is 0 Å². The second kappa shape index (κ2) is 1.23. The summed E-state index contributed by atoms with van der Waals surface area (Å²) in [7, 11) is 0. The van der Waals surface area contributed by atoms with Crippen LogP contribution in [-0.2, 0) is 4.74 Å². The minimum atomic E-state index is -0.708. The molecule has 1 aliphatic rings. The highest BCUT2D eigenvalue weighted by molar-refractivity contribution is 4.99. The first-order chi connectivity index (χ1) is 3.21. The lowest BCUT2D eigenvalue weighted by Gasteiger charge is -2.08. The van der Waals surface area contributed by atoms with Crippen LogP contribution in [0, 0.1) is 0 Å². The third-order valence-corrected chi connectivity index (χ3v) is 0.899. The van der Waals surface area contributed by atoms with E-state index in [0.717, 1.165) is 0 Å². The molecule has 0 aromatic carbocycles. The topological polar surface area (TPSA) is 29.5 Å². The van der Waals surface area contributed by atoms with Gasteiger partial charge in [-0.2, -0.15) is 0 Å². The average molecular weight is 100 g/mol. The highest BCUT2D eigenvalue weighted by Crippen LogP contribution is 2.11. The van der Waals surface area contributed by atoms with E-state index in [0.29, 0.717) is 6.61 Å². The molecule has 0 amide bonds. The van der Waals surface area contributed by atoms with Gasteiger partial charge in [0.15, 0.2) is 0 Å². The zero-order chi connectivity index (χ0) is 5.33. The van der Waals surface area contributed by atoms with Crippen LogP contribution in [-0.4, -0.2) is 17.3 Å². The fourth-order valence-corrected chi connectivity index (χ4v) is 0.460. The first-order valence-corrected chi connectivity index (χ1v) is 2.22. The Morgan fingerprint density at radius 1 is 1.86 bits per heavy atom. The van der Waals surface area contributed by atoms with E-state index in [1.54, 1.807) is 13.0 Å². The first kappa shape index (κ1) is 4.65. The van der Waals surface area contributed by atoms with E-state index in [-0.39, 0.29) is 0 Å². The van der Waals surface area contributed by atoms with Gasteiger partial charge in [-0.1, -0.05) is 0 Å². The Morgan fingerprint density at radius 3 is 2.71 bits per heavy atom. The highest BCUT2D eigenvalue weighted by atomic mass is 16.5. The SMILES string of the molecule is CC1(O)C=COC1. The Labute approximate surface area is 42.4 Å². The maximum Gasteiger partial charge on any atom is 0.119 e. The van der Waals surface area contributed by atoms with Gasteiger partial charge in [0.1, 0.15) is 12.2 Å². The van der Waals surface area contributed by atoms with Crippen molar-refractivity contribution >= 4 is 0 Å². The molecular weight excluding hydrogens is 92.1 g/mol. The number of rotatable bonds is 0. The van der Waals surface area contributed by atoms with Crippen molar-refractivity contribution in [2.24, 2.45) is 0 Å². The van der Waals surface area contributed by atoms with Gasteiger partial charge in [-0.25, -0.2) is 0 Å². The Kier molecular flexibility index (Phi) is 0.820. The van der Waals surface area contributed by atoms with Crippen LogP contribution < -0.4 is 0 Å². The molecule has 2 nitrogen and oxygen atoms in total. The van der Waals surface area contributed by atoms with Gasteiger partial charge in [0.05, 0.1) is 6.26 Å². The van der Waals surface area contributed by atoms with Crippen LogP contribution in [0.5, 0.6) is 0 Å². The molecule has 1 rings (SSSR count). The van der Waals surface area contributed by atoms with Crippen molar-refractivity contribution in [2.45, 2.75) is 12.5 Å². The Morgan fingerprint density at radius 2 is 2.57 bits per heavy atom. The lowest BCUT2D eigenvalue weighted by atomic mass is 10.1. The van der Waals surface area contributed by atoms with Crippen molar-refractivity contribution in [3.05, 3.63) is 12.3 Å². The molecule has 0 aliphatic carbocycles. The summed E-state index contributed by atoms with van der Waals surface area (Å²) in [5, 5.41) is 8.98. The van der Waals surface area contributed by atoms with Crippen molar-refractivity contribution in [1.29, 1.82) is 0 Å². The van der Waals surface area contributed by atoms with E-state index in [2.05, 4.69) is 0 Å². The molecule has 1 heterocycles. The van der Waals surface area contributed by atoms with Crippen LogP contribution in [0.4, 0.5) is 0 Å². The zero-order valence-electron chi connectivity index (χ0n) is 4.22. The van der Waals surface area contributed by atoms with Crippen molar-refractivity contribution in [3.63, 3.8) is 0 Å². The summed E-state index contributed by atoms with van der Waals surface area (Å²) in [4.78, 5) is 0. The zero-order valence-corrected chi connectivity index (χ0v) is 4.22. The number of hydrogen-bond acceptors (Lipinski definition) is 2. The first-order valence-electron chi connectivity index (χ1n) is 2.22. The van der Waals surface area contributed by atoms with Crippen LogP contribution in [0.2, 0.25) is 0 Å². The normalized spacial score (nSPS) is 38.6. The molecule has 1 atom stereocenters. The van der Waals surface area contributed by atoms with Gasteiger partial charge in [0.25, 0.3) is 0 Å². The minimum Gasteiger partial charge on any atom is -0.498 e. The molecule has 1 N–H and O–H groups in total. The van der Waals surface area contributed by atoms with Gasteiger partial charge in [-0.05, 0) is 13.0 Å². The van der Waals surface area contributed by atoms with Crippen molar-refractivity contribution in [1.82, 2.24) is 0 Å². The third kappa shape index (κ3) is 0.933. The molecule has 1 aliphatic heterocycles. The standard InChI is InChI=1S/C5H8O2/c1-5(6)2-3-7-4-5/h2-3,6H,4H2,1H3. The molecule has 0 saturated carbocycles. The summed E-state index contributed by atoms with van der Waals surface area (Å²) in [5.74, 6) is 0. The fourth-order valence-electron chi connectivity index (χ4n) is 0.460. The van der Waals surface area contributed by atoms with Crippen molar-refractivity contribution in [2.75, 3.05) is 6.61 Å².